The predicted molar refractivity (Wildman–Crippen MR) is 35.1 cm³/mol. The van der Waals surface area contributed by atoms with Gasteiger partial charge in [-0.05, 0) is 0 Å². The first kappa shape index (κ1) is 7.83. The molecule has 0 fully saturated rings. The van der Waals surface area contributed by atoms with Crippen molar-refractivity contribution >= 4 is 6.34 Å². The maximum Gasteiger partial charge on any atom is 0.488 e. The number of rotatable bonds is 2. The zero-order valence-corrected chi connectivity index (χ0v) is 6.16. The molecule has 0 spiro atoms. The maximum absolute atomic E-state index is 10.8. The number of methoxy groups -OCH3 is 2. The van der Waals surface area contributed by atoms with Crippen LogP contribution in [0.3, 0.4) is 0 Å². The Hall–Kier alpha value is -1.27. The molecule has 1 aliphatic rings. The average molecular weight is 160 g/mol. The lowest BCUT2D eigenvalue weighted by molar-refractivity contribution is -0.722. The Morgan fingerprint density at radius 1 is 1.45 bits per heavy atom. The lowest BCUT2D eigenvalue weighted by atomic mass is 10.7. The number of nitrogens with one attached hydrogen (secondary N) is 1. The van der Waals surface area contributed by atoms with Crippen molar-refractivity contribution in [3.8, 4) is 0 Å². The van der Waals surface area contributed by atoms with Gasteiger partial charge in [-0.25, -0.2) is 5.06 Å². The van der Waals surface area contributed by atoms with Crippen LogP contribution >= 0.6 is 0 Å². The Morgan fingerprint density at radius 2 is 2.09 bits per heavy atom. The molecule has 1 aliphatic heterocycles. The van der Waals surface area contributed by atoms with E-state index in [9.17, 15) is 10.4 Å². The molecule has 6 heteroatoms. The van der Waals surface area contributed by atoms with E-state index in [1.54, 1.807) is 0 Å². The van der Waals surface area contributed by atoms with Gasteiger partial charge < -0.3 is 19.9 Å². The van der Waals surface area contributed by atoms with Crippen molar-refractivity contribution in [1.29, 1.82) is 0 Å². The highest BCUT2D eigenvalue weighted by Gasteiger charge is 2.32. The van der Waals surface area contributed by atoms with E-state index in [0.717, 1.165) is 6.34 Å². The smallest absolute Gasteiger partial charge is 0.488 e. The Balaban J connectivity index is 2.94. The lowest BCUT2D eigenvalue weighted by Crippen LogP contribution is -3.03. The van der Waals surface area contributed by atoms with Gasteiger partial charge in [-0.1, -0.05) is 4.74 Å². The van der Waals surface area contributed by atoms with Gasteiger partial charge in [0.15, 0.2) is 0 Å². The van der Waals surface area contributed by atoms with Crippen molar-refractivity contribution in [2.75, 3.05) is 14.2 Å². The third-order valence-electron chi connectivity index (χ3n) is 1.25. The Labute approximate surface area is 63.1 Å². The number of quaternary nitrogens is 1. The molecule has 0 aromatic rings. The zero-order valence-electron chi connectivity index (χ0n) is 6.16. The summed E-state index contributed by atoms with van der Waals surface area (Å²) in [6.07, 6.45) is 0.859. The zero-order chi connectivity index (χ0) is 8.43. The Kier molecular flexibility index (Phi) is 1.97. The number of hydrogen-bond acceptors (Lipinski definition) is 4. The quantitative estimate of drug-likeness (QED) is 0.387. The second-order valence-corrected chi connectivity index (χ2v) is 1.86. The van der Waals surface area contributed by atoms with E-state index in [4.69, 9.17) is 0 Å². The Bertz CT molecular complexity index is 223. The van der Waals surface area contributed by atoms with Crippen molar-refractivity contribution in [1.82, 2.24) is 0 Å². The minimum absolute atomic E-state index is 0.0532. The van der Waals surface area contributed by atoms with Crippen LogP contribution in [0.2, 0.25) is 0 Å². The molecule has 1 unspecified atom stereocenters. The maximum atomic E-state index is 10.8. The highest BCUT2D eigenvalue weighted by molar-refractivity contribution is 5.41. The number of nitrogens with zero attached hydrogens (tertiary/aromatic N) is 1. The van der Waals surface area contributed by atoms with E-state index in [0.29, 0.717) is 4.74 Å². The minimum Gasteiger partial charge on any atom is -0.617 e. The first-order chi connectivity index (χ1) is 5.20. The largest absolute Gasteiger partial charge is 0.617 e. The van der Waals surface area contributed by atoms with Crippen molar-refractivity contribution in [2.45, 2.75) is 0 Å². The van der Waals surface area contributed by atoms with Crippen LogP contribution in [0.5, 0.6) is 0 Å². The van der Waals surface area contributed by atoms with Crippen LogP contribution in [0.1, 0.15) is 0 Å². The fraction of sp³-hybridized carbons (Fsp3) is 0.400. The third-order valence-corrected chi connectivity index (χ3v) is 1.25. The van der Waals surface area contributed by atoms with Crippen molar-refractivity contribution in [3.63, 3.8) is 0 Å². The summed E-state index contributed by atoms with van der Waals surface area (Å²) in [6, 6.07) is 0. The van der Waals surface area contributed by atoms with Crippen molar-refractivity contribution in [2.24, 2.45) is 0 Å². The molecular formula is C5H8N2O4. The molecule has 1 heterocycles. The van der Waals surface area contributed by atoms with Crippen LogP contribution in [0.25, 0.3) is 0 Å². The normalized spacial score (nSPS) is 23.5. The molecule has 0 aliphatic carbocycles. The monoisotopic (exact) mass is 160 g/mol. The molecule has 1 N–H and O–H groups in total. The summed E-state index contributed by atoms with van der Waals surface area (Å²) in [4.78, 5) is 0. The third kappa shape index (κ3) is 1.13. The molecule has 0 radical (unpaired) electrons. The summed E-state index contributed by atoms with van der Waals surface area (Å²) in [7, 11) is 2.60. The highest BCUT2D eigenvalue weighted by atomic mass is 16.6. The van der Waals surface area contributed by atoms with Gasteiger partial charge in [-0.15, -0.1) is 0 Å². The fourth-order valence-corrected chi connectivity index (χ4v) is 0.800. The van der Waals surface area contributed by atoms with Gasteiger partial charge in [0.2, 0.25) is 0 Å². The summed E-state index contributed by atoms with van der Waals surface area (Å²) >= 11 is 0. The molecule has 6 nitrogen and oxygen atoms in total. The lowest BCUT2D eigenvalue weighted by Gasteiger charge is -2.07. The summed E-state index contributed by atoms with van der Waals surface area (Å²) in [5.74, 6) is -0.153. The van der Waals surface area contributed by atoms with E-state index >= 15 is 0 Å². The van der Waals surface area contributed by atoms with E-state index in [-0.39, 0.29) is 11.8 Å². The summed E-state index contributed by atoms with van der Waals surface area (Å²) in [5.41, 5.74) is 0. The molecule has 0 aromatic carbocycles. The second-order valence-electron chi connectivity index (χ2n) is 1.86. The molecule has 62 valence electrons. The second kappa shape index (κ2) is 2.77. The summed E-state index contributed by atoms with van der Waals surface area (Å²) < 4.78 is 9.58. The molecular weight excluding hydrogens is 152 g/mol. The standard InChI is InChI=1S/C5H8N2O4/c1-10-4-5(11-2)7(9)3-6(4)8/h3,6H,1-2H3. The van der Waals surface area contributed by atoms with Crippen LogP contribution in [0.4, 0.5) is 0 Å². The van der Waals surface area contributed by atoms with Crippen molar-refractivity contribution in [3.05, 3.63) is 22.2 Å². The first-order valence-corrected chi connectivity index (χ1v) is 2.88. The topological polar surface area (TPSA) is 72.0 Å². The van der Waals surface area contributed by atoms with Gasteiger partial charge in [0.25, 0.3) is 0 Å². The van der Waals surface area contributed by atoms with Crippen LogP contribution < -0.4 is 5.06 Å². The van der Waals surface area contributed by atoms with Gasteiger partial charge in [-0.3, -0.25) is 0 Å². The van der Waals surface area contributed by atoms with Crippen LogP contribution in [-0.4, -0.2) is 25.3 Å². The van der Waals surface area contributed by atoms with Gasteiger partial charge in [-0.2, -0.15) is 0 Å². The minimum atomic E-state index is -0.473. The van der Waals surface area contributed by atoms with Gasteiger partial charge in [0.1, 0.15) is 0 Å². The fourth-order valence-electron chi connectivity index (χ4n) is 0.800. The molecule has 0 aromatic heterocycles. The first-order valence-electron chi connectivity index (χ1n) is 2.88. The molecule has 11 heavy (non-hydrogen) atoms. The van der Waals surface area contributed by atoms with E-state index < -0.39 is 5.06 Å². The SMILES string of the molecule is COC1=C(OC)[NH+]([O-])C=[N+]1[O-]. The van der Waals surface area contributed by atoms with E-state index in [1.165, 1.54) is 14.2 Å². The number of hydroxylamine groups is 3. The van der Waals surface area contributed by atoms with Gasteiger partial charge in [0.05, 0.1) is 14.2 Å². The summed E-state index contributed by atoms with van der Waals surface area (Å²) in [6.45, 7) is 0. The predicted octanol–water partition coefficient (Wildman–Crippen LogP) is -1.66. The molecule has 0 amide bonds. The number of ether oxygens (including phenoxy) is 2. The molecule has 1 atom stereocenters. The van der Waals surface area contributed by atoms with Crippen LogP contribution in [0, 0.1) is 10.4 Å². The molecule has 0 saturated carbocycles. The van der Waals surface area contributed by atoms with E-state index in [1.807, 2.05) is 0 Å². The molecule has 0 saturated heterocycles. The summed E-state index contributed by atoms with van der Waals surface area (Å²) in [5, 5.41) is 21.1. The number of hydrogen-bond donors (Lipinski definition) is 1. The van der Waals surface area contributed by atoms with E-state index in [2.05, 4.69) is 9.47 Å². The Morgan fingerprint density at radius 3 is 2.45 bits per heavy atom. The van der Waals surface area contributed by atoms with Crippen LogP contribution in [0.15, 0.2) is 11.8 Å². The average Bonchev–Trinajstić information content (AvgIpc) is 2.24. The van der Waals surface area contributed by atoms with Crippen molar-refractivity contribution < 1.29 is 19.3 Å². The molecule has 1 rings (SSSR count). The molecule has 0 bridgehead atoms. The highest BCUT2D eigenvalue weighted by Crippen LogP contribution is 2.03. The van der Waals surface area contributed by atoms with Gasteiger partial charge >= 0.3 is 18.1 Å². The van der Waals surface area contributed by atoms with Gasteiger partial charge in [0, 0.05) is 0 Å². The van der Waals surface area contributed by atoms with Crippen LogP contribution in [-0.2, 0) is 9.47 Å².